The maximum absolute atomic E-state index is 6.21. The summed E-state index contributed by atoms with van der Waals surface area (Å²) in [7, 11) is 1.95. The minimum absolute atomic E-state index is 0.182. The van der Waals surface area contributed by atoms with Crippen LogP contribution in [0.1, 0.15) is 11.6 Å². The molecule has 16 heavy (non-hydrogen) atoms. The van der Waals surface area contributed by atoms with Gasteiger partial charge < -0.3 is 10.1 Å². The molecule has 1 N–H and O–H groups in total. The number of benzene rings is 1. The molecule has 0 bridgehead atoms. The van der Waals surface area contributed by atoms with E-state index in [1.165, 1.54) is 0 Å². The molecule has 0 amide bonds. The van der Waals surface area contributed by atoms with Crippen molar-refractivity contribution in [3.05, 3.63) is 34.9 Å². The molecular formula is C12H16ClNOS. The lowest BCUT2D eigenvalue weighted by molar-refractivity contribution is 0.0489. The van der Waals surface area contributed by atoms with Gasteiger partial charge in [-0.1, -0.05) is 29.8 Å². The summed E-state index contributed by atoms with van der Waals surface area (Å²) in [5.74, 6) is 2.12. The summed E-state index contributed by atoms with van der Waals surface area (Å²) in [6.45, 7) is 0.831. The summed E-state index contributed by atoms with van der Waals surface area (Å²) in [5.41, 5.74) is 1.12. The van der Waals surface area contributed by atoms with Crippen molar-refractivity contribution in [1.82, 2.24) is 5.32 Å². The van der Waals surface area contributed by atoms with Gasteiger partial charge in [0, 0.05) is 16.5 Å². The van der Waals surface area contributed by atoms with E-state index in [4.69, 9.17) is 16.3 Å². The predicted molar refractivity (Wildman–Crippen MR) is 70.3 cm³/mol. The lowest BCUT2D eigenvalue weighted by Crippen LogP contribution is -2.36. The summed E-state index contributed by atoms with van der Waals surface area (Å²) in [4.78, 5) is 0. The molecule has 0 saturated carbocycles. The van der Waals surface area contributed by atoms with Crippen LogP contribution in [0.2, 0.25) is 5.02 Å². The summed E-state index contributed by atoms with van der Waals surface area (Å²) in [6.07, 6.45) is 0.212. The maximum Gasteiger partial charge on any atom is 0.0860 e. The average molecular weight is 258 g/mol. The molecule has 1 aliphatic rings. The van der Waals surface area contributed by atoms with Crippen LogP contribution in [0.15, 0.2) is 24.3 Å². The first-order valence-corrected chi connectivity index (χ1v) is 6.97. The van der Waals surface area contributed by atoms with Crippen molar-refractivity contribution in [2.24, 2.45) is 0 Å². The normalized spacial score (nSPS) is 23.0. The zero-order valence-electron chi connectivity index (χ0n) is 9.28. The van der Waals surface area contributed by atoms with E-state index in [1.54, 1.807) is 0 Å². The monoisotopic (exact) mass is 257 g/mol. The van der Waals surface area contributed by atoms with E-state index in [0.29, 0.717) is 0 Å². The quantitative estimate of drug-likeness (QED) is 0.900. The van der Waals surface area contributed by atoms with Crippen molar-refractivity contribution in [3.63, 3.8) is 0 Å². The fourth-order valence-corrected chi connectivity index (χ4v) is 3.12. The molecule has 1 fully saturated rings. The van der Waals surface area contributed by atoms with Crippen molar-refractivity contribution in [2.75, 3.05) is 25.2 Å². The standard InChI is InChI=1S/C12H16ClNOS/c1-14-12(11-8-16-7-6-15-11)9-4-2-3-5-10(9)13/h2-5,11-12,14H,6-8H2,1H3. The van der Waals surface area contributed by atoms with Gasteiger partial charge in [-0.3, -0.25) is 0 Å². The van der Waals surface area contributed by atoms with Crippen molar-refractivity contribution >= 4 is 23.4 Å². The molecule has 0 radical (unpaired) electrons. The molecule has 1 aromatic rings. The van der Waals surface area contributed by atoms with Gasteiger partial charge in [0.15, 0.2) is 0 Å². The SMILES string of the molecule is CNC(c1ccccc1Cl)C1CSCCO1. The van der Waals surface area contributed by atoms with Gasteiger partial charge in [0.1, 0.15) is 0 Å². The van der Waals surface area contributed by atoms with Gasteiger partial charge in [-0.2, -0.15) is 11.8 Å². The third-order valence-electron chi connectivity index (χ3n) is 2.76. The first-order chi connectivity index (χ1) is 7.83. The van der Waals surface area contributed by atoms with Gasteiger partial charge in [0.2, 0.25) is 0 Å². The Morgan fingerprint density at radius 3 is 2.94 bits per heavy atom. The second kappa shape index (κ2) is 5.92. The van der Waals surface area contributed by atoms with Gasteiger partial charge in [0.05, 0.1) is 18.8 Å². The zero-order chi connectivity index (χ0) is 11.4. The smallest absolute Gasteiger partial charge is 0.0860 e. The highest BCUT2D eigenvalue weighted by Crippen LogP contribution is 2.29. The zero-order valence-corrected chi connectivity index (χ0v) is 10.9. The number of likely N-dealkylation sites (N-methyl/N-ethyl adjacent to an activating group) is 1. The Morgan fingerprint density at radius 2 is 2.31 bits per heavy atom. The Labute approximate surface area is 106 Å². The van der Waals surface area contributed by atoms with Gasteiger partial charge in [-0.25, -0.2) is 0 Å². The Bertz CT molecular complexity index is 342. The number of hydrogen-bond acceptors (Lipinski definition) is 3. The Hall–Kier alpha value is -0.220. The van der Waals surface area contributed by atoms with Crippen molar-refractivity contribution < 1.29 is 4.74 Å². The van der Waals surface area contributed by atoms with E-state index < -0.39 is 0 Å². The molecule has 0 aromatic heterocycles. The second-order valence-electron chi connectivity index (χ2n) is 3.77. The van der Waals surface area contributed by atoms with Crippen LogP contribution in [0.25, 0.3) is 0 Å². The molecule has 1 aliphatic heterocycles. The largest absolute Gasteiger partial charge is 0.375 e. The third-order valence-corrected chi connectivity index (χ3v) is 4.13. The number of thioether (sulfide) groups is 1. The molecule has 2 rings (SSSR count). The first-order valence-electron chi connectivity index (χ1n) is 5.44. The Kier molecular flexibility index (Phi) is 4.53. The molecule has 2 nitrogen and oxygen atoms in total. The van der Waals surface area contributed by atoms with Crippen molar-refractivity contribution in [1.29, 1.82) is 0 Å². The van der Waals surface area contributed by atoms with E-state index in [0.717, 1.165) is 28.7 Å². The van der Waals surface area contributed by atoms with Gasteiger partial charge in [0.25, 0.3) is 0 Å². The van der Waals surface area contributed by atoms with Crippen LogP contribution in [-0.2, 0) is 4.74 Å². The van der Waals surface area contributed by atoms with Crippen molar-refractivity contribution in [3.8, 4) is 0 Å². The highest BCUT2D eigenvalue weighted by atomic mass is 35.5. The molecule has 2 unspecified atom stereocenters. The summed E-state index contributed by atoms with van der Waals surface area (Å²) < 4.78 is 5.80. The molecule has 88 valence electrons. The number of nitrogens with one attached hydrogen (secondary N) is 1. The van der Waals surface area contributed by atoms with Crippen molar-refractivity contribution in [2.45, 2.75) is 12.1 Å². The van der Waals surface area contributed by atoms with Crippen LogP contribution in [0.5, 0.6) is 0 Å². The van der Waals surface area contributed by atoms with Crippen LogP contribution in [0, 0.1) is 0 Å². The summed E-state index contributed by atoms with van der Waals surface area (Å²) in [6, 6.07) is 8.14. The second-order valence-corrected chi connectivity index (χ2v) is 5.33. The van der Waals surface area contributed by atoms with Crippen LogP contribution in [0.3, 0.4) is 0 Å². The number of halogens is 1. The molecule has 4 heteroatoms. The summed E-state index contributed by atoms with van der Waals surface area (Å²) >= 11 is 8.15. The van der Waals surface area contributed by atoms with Gasteiger partial charge in [-0.05, 0) is 18.7 Å². The topological polar surface area (TPSA) is 21.3 Å². The van der Waals surface area contributed by atoms with E-state index in [9.17, 15) is 0 Å². The van der Waals surface area contributed by atoms with Crippen LogP contribution in [0.4, 0.5) is 0 Å². The number of ether oxygens (including phenoxy) is 1. The minimum atomic E-state index is 0.182. The lowest BCUT2D eigenvalue weighted by atomic mass is 10.0. The van der Waals surface area contributed by atoms with E-state index in [-0.39, 0.29) is 12.1 Å². The van der Waals surface area contributed by atoms with E-state index >= 15 is 0 Å². The summed E-state index contributed by atoms with van der Waals surface area (Å²) in [5, 5.41) is 4.11. The minimum Gasteiger partial charge on any atom is -0.375 e. The fraction of sp³-hybridized carbons (Fsp3) is 0.500. The van der Waals surface area contributed by atoms with Gasteiger partial charge in [-0.15, -0.1) is 0 Å². The van der Waals surface area contributed by atoms with Crippen LogP contribution in [-0.4, -0.2) is 31.3 Å². The van der Waals surface area contributed by atoms with E-state index in [2.05, 4.69) is 11.4 Å². The Morgan fingerprint density at radius 1 is 1.50 bits per heavy atom. The Balaban J connectivity index is 2.18. The molecule has 2 atom stereocenters. The predicted octanol–water partition coefficient (Wildman–Crippen LogP) is 2.73. The fourth-order valence-electron chi connectivity index (χ4n) is 1.97. The highest BCUT2D eigenvalue weighted by Gasteiger charge is 2.26. The average Bonchev–Trinajstić information content (AvgIpc) is 2.34. The molecule has 1 aromatic carbocycles. The number of rotatable bonds is 3. The molecule has 0 spiro atoms. The molecule has 1 saturated heterocycles. The molecule has 1 heterocycles. The highest BCUT2D eigenvalue weighted by molar-refractivity contribution is 7.99. The third kappa shape index (κ3) is 2.72. The van der Waals surface area contributed by atoms with Crippen LogP contribution < -0.4 is 5.32 Å². The maximum atomic E-state index is 6.21. The lowest BCUT2D eigenvalue weighted by Gasteiger charge is -2.30. The first kappa shape index (κ1) is 12.2. The van der Waals surface area contributed by atoms with E-state index in [1.807, 2.05) is 37.0 Å². The molecular weight excluding hydrogens is 242 g/mol. The number of hydrogen-bond donors (Lipinski definition) is 1. The van der Waals surface area contributed by atoms with Crippen LogP contribution >= 0.6 is 23.4 Å². The molecule has 0 aliphatic carbocycles. The van der Waals surface area contributed by atoms with Gasteiger partial charge >= 0.3 is 0 Å².